The summed E-state index contributed by atoms with van der Waals surface area (Å²) in [6, 6.07) is 10.4. The predicted octanol–water partition coefficient (Wildman–Crippen LogP) is 4.20. The zero-order valence-electron chi connectivity index (χ0n) is 25.4. The molecule has 3 aromatic rings. The number of benzene rings is 2. The lowest BCUT2D eigenvalue weighted by Crippen LogP contribution is -2.70. The second-order valence-corrected chi connectivity index (χ2v) is 11.3. The van der Waals surface area contributed by atoms with Crippen molar-refractivity contribution in [3.63, 3.8) is 0 Å². The van der Waals surface area contributed by atoms with Gasteiger partial charge in [-0.15, -0.1) is 0 Å². The van der Waals surface area contributed by atoms with Crippen LogP contribution in [0.3, 0.4) is 0 Å². The van der Waals surface area contributed by atoms with E-state index in [2.05, 4.69) is 10.3 Å². The summed E-state index contributed by atoms with van der Waals surface area (Å²) < 4.78 is 46.0. The van der Waals surface area contributed by atoms with Crippen LogP contribution in [-0.2, 0) is 10.2 Å². The topological polar surface area (TPSA) is 116 Å². The van der Waals surface area contributed by atoms with E-state index < -0.39 is 34.4 Å². The van der Waals surface area contributed by atoms with E-state index in [0.29, 0.717) is 59.9 Å². The summed E-state index contributed by atoms with van der Waals surface area (Å²) in [4.78, 5) is 34.7. The molecule has 9 nitrogen and oxygen atoms in total. The minimum Gasteiger partial charge on any atom is -0.493 e. The minimum absolute atomic E-state index is 0.135. The van der Waals surface area contributed by atoms with Gasteiger partial charge in [0.2, 0.25) is 11.7 Å². The maximum atomic E-state index is 15.0. The molecule has 2 aliphatic rings. The molecule has 0 radical (unpaired) electrons. The number of likely N-dealkylation sites (tertiary alicyclic amines) is 1. The monoisotopic (exact) mass is 608 g/mol. The van der Waals surface area contributed by atoms with Crippen molar-refractivity contribution in [1.29, 1.82) is 0 Å². The van der Waals surface area contributed by atoms with Crippen molar-refractivity contribution in [3.05, 3.63) is 83.2 Å². The van der Waals surface area contributed by atoms with E-state index >= 15 is 4.39 Å². The number of hydrogen-bond donors (Lipinski definition) is 2. The Morgan fingerprint density at radius 3 is 2.32 bits per heavy atom. The standard InChI is InChI=1S/C33H38F2N4O5/c1-5-33(23-10-13-38-19-23)29(20-8-9-24(34)25(35)15-20)32(31(36)41,22-7-6-12-37-18-22)11-14-39(33)30(40)21-16-26(42-2)28(44-4)27(17-21)43-3/h6-9,12,15-18,23,29,38H,5,10-11,13-14,19H2,1-4H3,(H2,36,41). The van der Waals surface area contributed by atoms with Crippen molar-refractivity contribution in [1.82, 2.24) is 15.2 Å². The number of nitrogens with zero attached hydrogens (tertiary/aromatic N) is 2. The number of nitrogens with two attached hydrogens (primary N) is 1. The second-order valence-electron chi connectivity index (χ2n) is 11.3. The van der Waals surface area contributed by atoms with Crippen molar-refractivity contribution in [2.75, 3.05) is 41.0 Å². The zero-order valence-corrected chi connectivity index (χ0v) is 25.4. The number of amides is 2. The molecule has 2 aromatic carbocycles. The Bertz CT molecular complexity index is 1510. The molecule has 0 aliphatic carbocycles. The number of hydrogen-bond acceptors (Lipinski definition) is 7. The molecule has 234 valence electrons. The molecule has 0 saturated carbocycles. The van der Waals surface area contributed by atoms with Crippen LogP contribution in [0.5, 0.6) is 17.2 Å². The number of piperidine rings is 1. The van der Waals surface area contributed by atoms with Gasteiger partial charge in [-0.25, -0.2) is 8.78 Å². The summed E-state index contributed by atoms with van der Waals surface area (Å²) in [7, 11) is 4.43. The van der Waals surface area contributed by atoms with Gasteiger partial charge in [0, 0.05) is 37.0 Å². The molecule has 4 unspecified atom stereocenters. The number of carbonyl (C=O) groups excluding carboxylic acids is 2. The number of methoxy groups -OCH3 is 3. The number of halogens is 2. The first-order chi connectivity index (χ1) is 21.2. The first-order valence-electron chi connectivity index (χ1n) is 14.7. The molecule has 44 heavy (non-hydrogen) atoms. The molecule has 2 aliphatic heterocycles. The predicted molar refractivity (Wildman–Crippen MR) is 160 cm³/mol. The number of rotatable bonds is 9. The molecule has 2 fully saturated rings. The third kappa shape index (κ3) is 4.83. The van der Waals surface area contributed by atoms with E-state index in [1.54, 1.807) is 41.6 Å². The minimum atomic E-state index is -1.39. The third-order valence-corrected chi connectivity index (χ3v) is 9.61. The van der Waals surface area contributed by atoms with Crippen molar-refractivity contribution in [3.8, 4) is 17.2 Å². The van der Waals surface area contributed by atoms with Gasteiger partial charge in [0.25, 0.3) is 5.91 Å². The molecule has 3 N–H and O–H groups in total. The highest BCUT2D eigenvalue weighted by molar-refractivity contribution is 5.97. The van der Waals surface area contributed by atoms with E-state index in [4.69, 9.17) is 19.9 Å². The van der Waals surface area contributed by atoms with Crippen molar-refractivity contribution in [2.24, 2.45) is 11.7 Å². The van der Waals surface area contributed by atoms with Crippen LogP contribution >= 0.6 is 0 Å². The van der Waals surface area contributed by atoms with Crippen LogP contribution in [0.15, 0.2) is 54.9 Å². The first kappa shape index (κ1) is 31.2. The van der Waals surface area contributed by atoms with Gasteiger partial charge in [-0.3, -0.25) is 14.6 Å². The smallest absolute Gasteiger partial charge is 0.254 e. The third-order valence-electron chi connectivity index (χ3n) is 9.61. The van der Waals surface area contributed by atoms with Crippen LogP contribution in [0.1, 0.15) is 53.6 Å². The van der Waals surface area contributed by atoms with Crippen molar-refractivity contribution < 1.29 is 32.6 Å². The van der Waals surface area contributed by atoms with Gasteiger partial charge in [0.1, 0.15) is 0 Å². The average molecular weight is 609 g/mol. The molecule has 1 aromatic heterocycles. The largest absolute Gasteiger partial charge is 0.493 e. The summed E-state index contributed by atoms with van der Waals surface area (Å²) in [5, 5.41) is 3.41. The number of aromatic nitrogens is 1. The van der Waals surface area contributed by atoms with Crippen LogP contribution in [0.2, 0.25) is 0 Å². The summed E-state index contributed by atoms with van der Waals surface area (Å²) >= 11 is 0. The summed E-state index contributed by atoms with van der Waals surface area (Å²) in [5.41, 5.74) is 5.13. The molecular formula is C33H38F2N4O5. The fraction of sp³-hybridized carbons (Fsp3) is 0.424. The van der Waals surface area contributed by atoms with Gasteiger partial charge in [-0.2, -0.15) is 0 Å². The lowest BCUT2D eigenvalue weighted by Gasteiger charge is -2.61. The summed E-state index contributed by atoms with van der Waals surface area (Å²) in [6.07, 6.45) is 4.42. The summed E-state index contributed by atoms with van der Waals surface area (Å²) in [5.74, 6) is -3.03. The van der Waals surface area contributed by atoms with Crippen LogP contribution in [0.25, 0.3) is 0 Å². The molecule has 0 bridgehead atoms. The Hall–Kier alpha value is -4.25. The Kier molecular flexibility index (Phi) is 8.78. The molecule has 4 atom stereocenters. The molecule has 2 amide bonds. The van der Waals surface area contributed by atoms with Gasteiger partial charge >= 0.3 is 0 Å². The van der Waals surface area contributed by atoms with E-state index in [9.17, 15) is 14.0 Å². The van der Waals surface area contributed by atoms with E-state index in [1.807, 2.05) is 6.92 Å². The van der Waals surface area contributed by atoms with Gasteiger partial charge in [0.15, 0.2) is 23.1 Å². The maximum Gasteiger partial charge on any atom is 0.254 e. The highest BCUT2D eigenvalue weighted by atomic mass is 19.2. The molecule has 3 heterocycles. The van der Waals surface area contributed by atoms with Gasteiger partial charge in [-0.1, -0.05) is 19.1 Å². The summed E-state index contributed by atoms with van der Waals surface area (Å²) in [6.45, 7) is 3.37. The van der Waals surface area contributed by atoms with Gasteiger partial charge < -0.3 is 30.2 Å². The Morgan fingerprint density at radius 1 is 1.07 bits per heavy atom. The average Bonchev–Trinajstić information content (AvgIpc) is 3.60. The molecule has 2 saturated heterocycles. The van der Waals surface area contributed by atoms with Crippen LogP contribution < -0.4 is 25.3 Å². The van der Waals surface area contributed by atoms with Gasteiger partial charge in [0.05, 0.1) is 32.3 Å². The highest BCUT2D eigenvalue weighted by Crippen LogP contribution is 2.58. The number of pyridine rings is 1. The molecule has 0 spiro atoms. The van der Waals surface area contributed by atoms with Crippen LogP contribution in [0, 0.1) is 17.6 Å². The number of primary amides is 1. The van der Waals surface area contributed by atoms with E-state index in [-0.39, 0.29) is 24.8 Å². The Labute approximate surface area is 255 Å². The fourth-order valence-corrected chi connectivity index (χ4v) is 7.71. The van der Waals surface area contributed by atoms with E-state index in [1.165, 1.54) is 27.4 Å². The molecule has 5 rings (SSSR count). The molecular weight excluding hydrogens is 570 g/mol. The fourth-order valence-electron chi connectivity index (χ4n) is 7.71. The number of ether oxygens (including phenoxy) is 3. The Balaban J connectivity index is 1.81. The second kappa shape index (κ2) is 12.4. The molecule has 11 heteroatoms. The quantitative estimate of drug-likeness (QED) is 0.374. The SMILES string of the molecule is CCC1(C2CCNC2)C(c2ccc(F)c(F)c2)C(C(N)=O)(c2cccnc2)CCN1C(=O)c1cc(OC)c(OC)c(OC)c1. The normalized spacial score (nSPS) is 25.0. The lowest BCUT2D eigenvalue weighted by molar-refractivity contribution is -0.131. The first-order valence-corrected chi connectivity index (χ1v) is 14.7. The van der Waals surface area contributed by atoms with Crippen molar-refractivity contribution >= 4 is 11.8 Å². The maximum absolute atomic E-state index is 15.0. The Morgan fingerprint density at radius 2 is 1.80 bits per heavy atom. The lowest BCUT2D eigenvalue weighted by atomic mass is 9.51. The zero-order chi connectivity index (χ0) is 31.6. The van der Waals surface area contributed by atoms with Gasteiger partial charge in [-0.05, 0) is 73.2 Å². The van der Waals surface area contributed by atoms with Crippen LogP contribution in [0.4, 0.5) is 8.78 Å². The van der Waals surface area contributed by atoms with E-state index in [0.717, 1.165) is 12.1 Å². The number of carbonyl (C=O) groups is 2. The number of nitrogens with one attached hydrogen (secondary N) is 1. The van der Waals surface area contributed by atoms with Crippen molar-refractivity contribution in [2.45, 2.75) is 43.1 Å². The van der Waals surface area contributed by atoms with Crippen LogP contribution in [-0.4, -0.2) is 68.2 Å². The highest BCUT2D eigenvalue weighted by Gasteiger charge is 2.64.